The van der Waals surface area contributed by atoms with Crippen LogP contribution in [0.3, 0.4) is 0 Å². The molecule has 0 radical (unpaired) electrons. The maximum atomic E-state index is 11.9. The molecule has 134 valence electrons. The van der Waals surface area contributed by atoms with Gasteiger partial charge in [-0.25, -0.2) is 4.98 Å². The highest BCUT2D eigenvalue weighted by molar-refractivity contribution is 7.13. The van der Waals surface area contributed by atoms with E-state index in [4.69, 9.17) is 9.47 Å². The third-order valence-electron chi connectivity index (χ3n) is 3.59. The van der Waals surface area contributed by atoms with E-state index in [1.54, 1.807) is 43.0 Å². The van der Waals surface area contributed by atoms with Crippen LogP contribution < -0.4 is 14.8 Å². The van der Waals surface area contributed by atoms with Crippen molar-refractivity contribution in [1.29, 1.82) is 0 Å². The number of aromatic nitrogens is 2. The molecule has 0 aliphatic heterocycles. The molecule has 0 bridgehead atoms. The van der Waals surface area contributed by atoms with Gasteiger partial charge in [-0.05, 0) is 24.3 Å². The molecule has 2 aromatic heterocycles. The number of methoxy groups -OCH3 is 1. The third kappa shape index (κ3) is 4.80. The van der Waals surface area contributed by atoms with Gasteiger partial charge in [0, 0.05) is 36.3 Å². The molecular formula is C19H19N3O3S. The Morgan fingerprint density at radius 3 is 2.81 bits per heavy atom. The van der Waals surface area contributed by atoms with E-state index in [0.717, 1.165) is 16.3 Å². The largest absolute Gasteiger partial charge is 0.493 e. The lowest BCUT2D eigenvalue weighted by Gasteiger charge is -2.10. The van der Waals surface area contributed by atoms with Crippen LogP contribution in [-0.4, -0.2) is 36.1 Å². The fourth-order valence-electron chi connectivity index (χ4n) is 2.31. The minimum atomic E-state index is -0.182. The number of rotatable bonds is 8. The summed E-state index contributed by atoms with van der Waals surface area (Å²) in [7, 11) is 1.57. The van der Waals surface area contributed by atoms with Crippen LogP contribution in [-0.2, 0) is 11.2 Å². The maximum absolute atomic E-state index is 11.9. The lowest BCUT2D eigenvalue weighted by Crippen LogP contribution is -2.30. The number of ether oxygens (including phenoxy) is 2. The summed E-state index contributed by atoms with van der Waals surface area (Å²) in [6, 6.07) is 11.1. The van der Waals surface area contributed by atoms with E-state index in [-0.39, 0.29) is 12.5 Å². The lowest BCUT2D eigenvalue weighted by atomic mass is 10.3. The summed E-state index contributed by atoms with van der Waals surface area (Å²) in [6.45, 7) is 0.447. The molecule has 0 saturated heterocycles. The molecule has 1 amide bonds. The highest BCUT2D eigenvalue weighted by atomic mass is 32.1. The zero-order chi connectivity index (χ0) is 18.2. The van der Waals surface area contributed by atoms with E-state index in [0.29, 0.717) is 24.5 Å². The quantitative estimate of drug-likeness (QED) is 0.661. The highest BCUT2D eigenvalue weighted by Gasteiger charge is 2.08. The van der Waals surface area contributed by atoms with Gasteiger partial charge in [0.1, 0.15) is 5.01 Å². The zero-order valence-corrected chi connectivity index (χ0v) is 15.2. The fourth-order valence-corrected chi connectivity index (χ4v) is 3.15. The molecule has 0 aliphatic rings. The third-order valence-corrected chi connectivity index (χ3v) is 4.53. The van der Waals surface area contributed by atoms with E-state index < -0.39 is 0 Å². The Hall–Kier alpha value is -2.93. The molecule has 0 fully saturated rings. The van der Waals surface area contributed by atoms with Crippen LogP contribution in [0.25, 0.3) is 10.6 Å². The van der Waals surface area contributed by atoms with Gasteiger partial charge in [-0.3, -0.25) is 9.78 Å². The van der Waals surface area contributed by atoms with Crippen LogP contribution in [0.5, 0.6) is 11.5 Å². The molecule has 1 aromatic carbocycles. The van der Waals surface area contributed by atoms with Gasteiger partial charge in [-0.2, -0.15) is 0 Å². The van der Waals surface area contributed by atoms with Crippen molar-refractivity contribution in [1.82, 2.24) is 15.3 Å². The highest BCUT2D eigenvalue weighted by Crippen LogP contribution is 2.25. The Labute approximate surface area is 155 Å². The van der Waals surface area contributed by atoms with Crippen LogP contribution in [0, 0.1) is 0 Å². The van der Waals surface area contributed by atoms with Crippen molar-refractivity contribution in [3.63, 3.8) is 0 Å². The molecule has 0 aliphatic carbocycles. The average Bonchev–Trinajstić information content (AvgIpc) is 3.16. The van der Waals surface area contributed by atoms with Gasteiger partial charge in [-0.1, -0.05) is 12.1 Å². The number of carbonyl (C=O) groups is 1. The fraction of sp³-hybridized carbons (Fsp3) is 0.211. The van der Waals surface area contributed by atoms with E-state index >= 15 is 0 Å². The Morgan fingerprint density at radius 1 is 1.19 bits per heavy atom. The second kappa shape index (κ2) is 8.96. The van der Waals surface area contributed by atoms with Gasteiger partial charge in [0.05, 0.1) is 12.8 Å². The summed E-state index contributed by atoms with van der Waals surface area (Å²) < 4.78 is 10.7. The predicted octanol–water partition coefficient (Wildman–Crippen LogP) is 2.95. The molecule has 3 rings (SSSR count). The monoisotopic (exact) mass is 369 g/mol. The van der Waals surface area contributed by atoms with Crippen LogP contribution in [0.1, 0.15) is 5.69 Å². The normalized spacial score (nSPS) is 10.3. The molecule has 2 heterocycles. The number of para-hydroxylation sites is 2. The number of thiazole rings is 1. The molecule has 0 saturated carbocycles. The molecule has 7 heteroatoms. The van der Waals surface area contributed by atoms with Crippen molar-refractivity contribution in [2.45, 2.75) is 6.42 Å². The summed E-state index contributed by atoms with van der Waals surface area (Å²) in [4.78, 5) is 20.6. The SMILES string of the molecule is COc1ccccc1OCC(=O)NCCc1csc(-c2cccnc2)n1. The van der Waals surface area contributed by atoms with Gasteiger partial charge >= 0.3 is 0 Å². The van der Waals surface area contributed by atoms with Crippen molar-refractivity contribution in [3.8, 4) is 22.1 Å². The summed E-state index contributed by atoms with van der Waals surface area (Å²) >= 11 is 1.57. The van der Waals surface area contributed by atoms with E-state index in [1.165, 1.54) is 0 Å². The summed E-state index contributed by atoms with van der Waals surface area (Å²) in [5.41, 5.74) is 1.94. The van der Waals surface area contributed by atoms with Gasteiger partial charge < -0.3 is 14.8 Å². The van der Waals surface area contributed by atoms with Crippen LogP contribution in [0.2, 0.25) is 0 Å². The first-order valence-corrected chi connectivity index (χ1v) is 9.01. The molecule has 6 nitrogen and oxygen atoms in total. The van der Waals surface area contributed by atoms with Crippen molar-refractivity contribution >= 4 is 17.2 Å². The molecule has 0 atom stereocenters. The number of pyridine rings is 1. The molecule has 0 unspecified atom stereocenters. The minimum absolute atomic E-state index is 0.0572. The molecular weight excluding hydrogens is 350 g/mol. The van der Waals surface area contributed by atoms with Crippen LogP contribution in [0.15, 0.2) is 54.2 Å². The maximum Gasteiger partial charge on any atom is 0.257 e. The van der Waals surface area contributed by atoms with E-state index in [1.807, 2.05) is 29.6 Å². The van der Waals surface area contributed by atoms with Gasteiger partial charge in [-0.15, -0.1) is 11.3 Å². The summed E-state index contributed by atoms with van der Waals surface area (Å²) in [6.07, 6.45) is 4.19. The Kier molecular flexibility index (Phi) is 6.16. The smallest absolute Gasteiger partial charge is 0.257 e. The minimum Gasteiger partial charge on any atom is -0.493 e. The van der Waals surface area contributed by atoms with Crippen LogP contribution in [0.4, 0.5) is 0 Å². The van der Waals surface area contributed by atoms with E-state index in [2.05, 4.69) is 15.3 Å². The van der Waals surface area contributed by atoms with Crippen molar-refractivity contribution in [2.75, 3.05) is 20.3 Å². The second-order valence-electron chi connectivity index (χ2n) is 5.43. The van der Waals surface area contributed by atoms with Crippen molar-refractivity contribution in [3.05, 3.63) is 59.9 Å². The van der Waals surface area contributed by atoms with Gasteiger partial charge in [0.25, 0.3) is 5.91 Å². The van der Waals surface area contributed by atoms with Crippen molar-refractivity contribution in [2.24, 2.45) is 0 Å². The Bertz CT molecular complexity index is 852. The van der Waals surface area contributed by atoms with Gasteiger partial charge in [0.2, 0.25) is 0 Å². The Morgan fingerprint density at radius 2 is 2.04 bits per heavy atom. The Balaban J connectivity index is 1.43. The first kappa shape index (κ1) is 17.9. The lowest BCUT2D eigenvalue weighted by molar-refractivity contribution is -0.123. The number of carbonyl (C=O) groups excluding carboxylic acids is 1. The summed E-state index contributed by atoms with van der Waals surface area (Å²) in [5, 5.41) is 5.76. The molecule has 26 heavy (non-hydrogen) atoms. The predicted molar refractivity (Wildman–Crippen MR) is 101 cm³/mol. The number of nitrogens with one attached hydrogen (secondary N) is 1. The molecule has 3 aromatic rings. The average molecular weight is 369 g/mol. The number of nitrogens with zero attached hydrogens (tertiary/aromatic N) is 2. The van der Waals surface area contributed by atoms with Crippen LogP contribution >= 0.6 is 11.3 Å². The molecule has 0 spiro atoms. The zero-order valence-electron chi connectivity index (χ0n) is 14.3. The number of benzene rings is 1. The molecule has 1 N–H and O–H groups in total. The first-order valence-electron chi connectivity index (χ1n) is 8.13. The number of hydrogen-bond acceptors (Lipinski definition) is 6. The summed E-state index contributed by atoms with van der Waals surface area (Å²) in [5.74, 6) is 0.968. The first-order chi connectivity index (χ1) is 12.8. The number of amides is 1. The second-order valence-corrected chi connectivity index (χ2v) is 6.28. The van der Waals surface area contributed by atoms with Gasteiger partial charge in [0.15, 0.2) is 18.1 Å². The van der Waals surface area contributed by atoms with E-state index in [9.17, 15) is 4.79 Å². The van der Waals surface area contributed by atoms with Crippen molar-refractivity contribution < 1.29 is 14.3 Å². The standard InChI is InChI=1S/C19H19N3O3S/c1-24-16-6-2-3-7-17(16)25-12-18(23)21-10-8-15-13-26-19(22-15)14-5-4-9-20-11-14/h2-7,9,11,13H,8,10,12H2,1H3,(H,21,23). The number of hydrogen-bond donors (Lipinski definition) is 1. The topological polar surface area (TPSA) is 73.3 Å².